The summed E-state index contributed by atoms with van der Waals surface area (Å²) >= 11 is 0. The number of carbonyl (C=O) groups is 2. The van der Waals surface area contributed by atoms with Crippen molar-refractivity contribution in [3.05, 3.63) is 12.2 Å². The molecule has 122 valence electrons. The molecule has 2 heterocycles. The molecule has 6 atom stereocenters. The number of hydrogen-bond acceptors (Lipinski definition) is 5. The third-order valence-corrected chi connectivity index (χ3v) is 5.46. The molecule has 0 bridgehead atoms. The zero-order chi connectivity index (χ0) is 16.1. The van der Waals surface area contributed by atoms with Crippen LogP contribution in [0.1, 0.15) is 46.5 Å². The molecule has 3 rings (SSSR count). The first-order valence-corrected chi connectivity index (χ1v) is 8.08. The van der Waals surface area contributed by atoms with E-state index in [1.165, 1.54) is 6.92 Å². The van der Waals surface area contributed by atoms with Crippen LogP contribution < -0.4 is 0 Å². The van der Waals surface area contributed by atoms with Crippen molar-refractivity contribution in [2.45, 2.75) is 70.4 Å². The number of fused-ring (bicyclic) bond motifs is 2. The van der Waals surface area contributed by atoms with E-state index in [0.717, 1.165) is 25.7 Å². The van der Waals surface area contributed by atoms with Gasteiger partial charge in [-0.3, -0.25) is 4.79 Å². The second-order valence-corrected chi connectivity index (χ2v) is 6.97. The lowest BCUT2D eigenvalue weighted by atomic mass is 9.84. The maximum atomic E-state index is 11.7. The lowest BCUT2D eigenvalue weighted by molar-refractivity contribution is -0.146. The molecule has 0 radical (unpaired) electrons. The number of epoxide rings is 1. The Morgan fingerprint density at radius 1 is 1.50 bits per heavy atom. The third kappa shape index (κ3) is 2.56. The van der Waals surface area contributed by atoms with E-state index in [-0.39, 0.29) is 41.8 Å². The fourth-order valence-corrected chi connectivity index (χ4v) is 4.11. The molecule has 2 saturated heterocycles. The van der Waals surface area contributed by atoms with Crippen molar-refractivity contribution in [2.24, 2.45) is 11.8 Å². The van der Waals surface area contributed by atoms with Crippen LogP contribution in [0.25, 0.3) is 0 Å². The Labute approximate surface area is 131 Å². The monoisotopic (exact) mass is 308 g/mol. The zero-order valence-electron chi connectivity index (χ0n) is 13.5. The predicted octanol–water partition coefficient (Wildman–Crippen LogP) is 2.38. The first kappa shape index (κ1) is 15.5. The van der Waals surface area contributed by atoms with Gasteiger partial charge in [-0.25, -0.2) is 4.79 Å². The SMILES string of the molecule is C=C1C(=O)O[C@@H]2C[C@H](C)[C@]3(CC[C@@H](C)OC(C)=O)O[C@@H]3C[C@H]12. The van der Waals surface area contributed by atoms with Gasteiger partial charge in [0.15, 0.2) is 0 Å². The molecule has 1 aliphatic carbocycles. The fraction of sp³-hybridized carbons (Fsp3) is 0.765. The molecule has 5 nitrogen and oxygen atoms in total. The molecule has 0 amide bonds. The van der Waals surface area contributed by atoms with E-state index in [9.17, 15) is 9.59 Å². The quantitative estimate of drug-likeness (QED) is 0.453. The van der Waals surface area contributed by atoms with Crippen molar-refractivity contribution in [2.75, 3.05) is 0 Å². The summed E-state index contributed by atoms with van der Waals surface area (Å²) in [5.41, 5.74) is 0.447. The van der Waals surface area contributed by atoms with Gasteiger partial charge in [0.1, 0.15) is 6.10 Å². The highest BCUT2D eigenvalue weighted by molar-refractivity contribution is 5.90. The Kier molecular flexibility index (Phi) is 3.79. The van der Waals surface area contributed by atoms with Crippen LogP contribution in [0.4, 0.5) is 0 Å². The highest BCUT2D eigenvalue weighted by Gasteiger charge is 2.63. The summed E-state index contributed by atoms with van der Waals surface area (Å²) in [6, 6.07) is 0. The minimum Gasteiger partial charge on any atom is -0.463 e. The van der Waals surface area contributed by atoms with E-state index in [4.69, 9.17) is 14.2 Å². The molecule has 0 unspecified atom stereocenters. The number of rotatable bonds is 4. The molecule has 1 saturated carbocycles. The average Bonchev–Trinajstić information content (AvgIpc) is 3.09. The molecule has 0 spiro atoms. The van der Waals surface area contributed by atoms with Gasteiger partial charge in [0.2, 0.25) is 0 Å². The second-order valence-electron chi connectivity index (χ2n) is 6.97. The van der Waals surface area contributed by atoms with E-state index < -0.39 is 0 Å². The highest BCUT2D eigenvalue weighted by atomic mass is 16.6. The summed E-state index contributed by atoms with van der Waals surface area (Å²) in [7, 11) is 0. The molecule has 2 aliphatic heterocycles. The van der Waals surface area contributed by atoms with Gasteiger partial charge in [-0.15, -0.1) is 0 Å². The topological polar surface area (TPSA) is 65.1 Å². The Hall–Kier alpha value is -1.36. The second kappa shape index (κ2) is 5.37. The van der Waals surface area contributed by atoms with Gasteiger partial charge in [-0.2, -0.15) is 0 Å². The molecule has 22 heavy (non-hydrogen) atoms. The molecule has 3 fully saturated rings. The van der Waals surface area contributed by atoms with Crippen LogP contribution in [0.5, 0.6) is 0 Å². The molecule has 0 N–H and O–H groups in total. The van der Waals surface area contributed by atoms with Crippen molar-refractivity contribution in [3.8, 4) is 0 Å². The van der Waals surface area contributed by atoms with E-state index in [0.29, 0.717) is 11.5 Å². The minimum absolute atomic E-state index is 0.0471. The van der Waals surface area contributed by atoms with E-state index in [1.807, 2.05) is 6.92 Å². The summed E-state index contributed by atoms with van der Waals surface area (Å²) in [5, 5.41) is 0. The maximum absolute atomic E-state index is 11.7. The van der Waals surface area contributed by atoms with Gasteiger partial charge >= 0.3 is 11.9 Å². The Morgan fingerprint density at radius 3 is 2.91 bits per heavy atom. The van der Waals surface area contributed by atoms with Gasteiger partial charge in [0, 0.05) is 18.4 Å². The van der Waals surface area contributed by atoms with Gasteiger partial charge < -0.3 is 14.2 Å². The van der Waals surface area contributed by atoms with Crippen LogP contribution in [0, 0.1) is 11.8 Å². The maximum Gasteiger partial charge on any atom is 0.334 e. The predicted molar refractivity (Wildman–Crippen MR) is 79.0 cm³/mol. The lowest BCUT2D eigenvalue weighted by Crippen LogP contribution is -2.28. The molecule has 5 heteroatoms. The van der Waals surface area contributed by atoms with Crippen molar-refractivity contribution in [1.29, 1.82) is 0 Å². The minimum atomic E-state index is -0.251. The van der Waals surface area contributed by atoms with Gasteiger partial charge in [-0.05, 0) is 38.5 Å². The third-order valence-electron chi connectivity index (χ3n) is 5.46. The van der Waals surface area contributed by atoms with Gasteiger partial charge in [-0.1, -0.05) is 13.5 Å². The first-order valence-electron chi connectivity index (χ1n) is 8.08. The lowest BCUT2D eigenvalue weighted by Gasteiger charge is -2.23. The van der Waals surface area contributed by atoms with Crippen molar-refractivity contribution < 1.29 is 23.8 Å². The highest BCUT2D eigenvalue weighted by Crippen LogP contribution is 2.56. The van der Waals surface area contributed by atoms with Gasteiger partial charge in [0.25, 0.3) is 0 Å². The standard InChI is InChI=1S/C17H24O5/c1-9-7-14-13(11(3)16(19)21-14)8-15-17(9,22-15)6-5-10(2)20-12(4)18/h9-10,13-15H,3,5-8H2,1-2,4H3/t9-,10+,13+,14+,15+,17-/m0/s1. The van der Waals surface area contributed by atoms with Crippen LogP contribution in [-0.4, -0.2) is 35.9 Å². The van der Waals surface area contributed by atoms with E-state index >= 15 is 0 Å². The van der Waals surface area contributed by atoms with Crippen molar-refractivity contribution in [1.82, 2.24) is 0 Å². The van der Waals surface area contributed by atoms with Gasteiger partial charge in [0.05, 0.1) is 17.8 Å². The average molecular weight is 308 g/mol. The first-order chi connectivity index (χ1) is 10.3. The fourth-order valence-electron chi connectivity index (χ4n) is 4.11. The van der Waals surface area contributed by atoms with Crippen molar-refractivity contribution >= 4 is 11.9 Å². The number of esters is 2. The number of carbonyl (C=O) groups excluding carboxylic acids is 2. The Bertz CT molecular complexity index is 513. The smallest absolute Gasteiger partial charge is 0.334 e. The summed E-state index contributed by atoms with van der Waals surface area (Å²) in [5.74, 6) is -0.0882. The summed E-state index contributed by atoms with van der Waals surface area (Å²) < 4.78 is 16.7. The van der Waals surface area contributed by atoms with Crippen LogP contribution in [0.3, 0.4) is 0 Å². The Balaban J connectivity index is 1.64. The van der Waals surface area contributed by atoms with Crippen LogP contribution in [0.15, 0.2) is 12.2 Å². The zero-order valence-corrected chi connectivity index (χ0v) is 13.5. The molecule has 0 aromatic carbocycles. The normalized spacial score (nSPS) is 41.0. The molecular formula is C17H24O5. The number of hydrogen-bond donors (Lipinski definition) is 0. The summed E-state index contributed by atoms with van der Waals surface area (Å²) in [6.07, 6.45) is 3.29. The van der Waals surface area contributed by atoms with Crippen LogP contribution in [0.2, 0.25) is 0 Å². The van der Waals surface area contributed by atoms with Crippen LogP contribution >= 0.6 is 0 Å². The summed E-state index contributed by atoms with van der Waals surface area (Å²) in [4.78, 5) is 22.7. The van der Waals surface area contributed by atoms with Crippen LogP contribution in [-0.2, 0) is 23.8 Å². The Morgan fingerprint density at radius 2 is 2.23 bits per heavy atom. The van der Waals surface area contributed by atoms with E-state index in [2.05, 4.69) is 13.5 Å². The molecule has 0 aromatic heterocycles. The molecular weight excluding hydrogens is 284 g/mol. The summed E-state index contributed by atoms with van der Waals surface area (Å²) in [6.45, 7) is 9.38. The van der Waals surface area contributed by atoms with E-state index in [1.54, 1.807) is 0 Å². The largest absolute Gasteiger partial charge is 0.463 e. The number of ether oxygens (including phenoxy) is 3. The molecule has 3 aliphatic rings. The van der Waals surface area contributed by atoms with Crippen molar-refractivity contribution in [3.63, 3.8) is 0 Å². The molecule has 0 aromatic rings.